The summed E-state index contributed by atoms with van der Waals surface area (Å²) in [6, 6.07) is 9.78. The highest BCUT2D eigenvalue weighted by Crippen LogP contribution is 2.25. The van der Waals surface area contributed by atoms with Crippen LogP contribution < -0.4 is 10.0 Å². The van der Waals surface area contributed by atoms with Crippen LogP contribution in [0.3, 0.4) is 0 Å². The number of aryl methyl sites for hydroxylation is 1. The standard InChI is InChI=1S/C17H15FN4O3S2/c1-11-15(16(23)20-10-13-4-2-3-9-19-13)26-17(21-11)22-27(24,25)14-7-5-12(18)6-8-14/h2-9H,10H2,1H3,(H,20,23)(H,21,22). The van der Waals surface area contributed by atoms with Gasteiger partial charge in [0.25, 0.3) is 15.9 Å². The summed E-state index contributed by atoms with van der Waals surface area (Å²) in [6.45, 7) is 1.86. The lowest BCUT2D eigenvalue weighted by Gasteiger charge is -2.04. The number of nitrogens with one attached hydrogen (secondary N) is 2. The average molecular weight is 406 g/mol. The van der Waals surface area contributed by atoms with Gasteiger partial charge in [-0.3, -0.25) is 14.5 Å². The molecule has 0 fully saturated rings. The minimum absolute atomic E-state index is 0.0554. The number of sulfonamides is 1. The zero-order valence-electron chi connectivity index (χ0n) is 14.1. The maximum atomic E-state index is 13.0. The number of carbonyl (C=O) groups is 1. The third-order valence-corrected chi connectivity index (χ3v) is 6.06. The molecule has 0 bridgehead atoms. The number of carbonyl (C=O) groups excluding carboxylic acids is 1. The Labute approximate surface area is 159 Å². The average Bonchev–Trinajstić information content (AvgIpc) is 3.00. The first kappa shape index (κ1) is 18.9. The first-order valence-electron chi connectivity index (χ1n) is 7.79. The molecule has 2 heterocycles. The highest BCUT2D eigenvalue weighted by molar-refractivity contribution is 7.93. The van der Waals surface area contributed by atoms with E-state index in [1.807, 2.05) is 6.07 Å². The fourth-order valence-corrected chi connectivity index (χ4v) is 4.31. The molecule has 140 valence electrons. The van der Waals surface area contributed by atoms with E-state index in [-0.39, 0.29) is 22.5 Å². The Bertz CT molecular complexity index is 1050. The SMILES string of the molecule is Cc1nc(NS(=O)(=O)c2ccc(F)cc2)sc1C(=O)NCc1ccccn1. The van der Waals surface area contributed by atoms with Gasteiger partial charge in [0.2, 0.25) is 0 Å². The maximum absolute atomic E-state index is 13.0. The summed E-state index contributed by atoms with van der Waals surface area (Å²) in [5, 5.41) is 2.78. The van der Waals surface area contributed by atoms with Gasteiger partial charge in [0.05, 0.1) is 22.8 Å². The molecule has 1 aromatic carbocycles. The Morgan fingerprint density at radius 3 is 2.59 bits per heavy atom. The zero-order chi connectivity index (χ0) is 19.4. The van der Waals surface area contributed by atoms with Crippen LogP contribution in [0.4, 0.5) is 9.52 Å². The second-order valence-electron chi connectivity index (χ2n) is 5.50. The molecule has 0 aliphatic heterocycles. The summed E-state index contributed by atoms with van der Waals surface area (Å²) in [5.41, 5.74) is 1.10. The molecular formula is C17H15FN4O3S2. The Balaban J connectivity index is 1.72. The Morgan fingerprint density at radius 1 is 1.19 bits per heavy atom. The van der Waals surface area contributed by atoms with Crippen molar-refractivity contribution in [3.63, 3.8) is 0 Å². The number of amides is 1. The summed E-state index contributed by atoms with van der Waals surface area (Å²) in [5.74, 6) is -0.909. The minimum atomic E-state index is -3.92. The Morgan fingerprint density at radius 2 is 1.93 bits per heavy atom. The lowest BCUT2D eigenvalue weighted by atomic mass is 10.3. The van der Waals surface area contributed by atoms with E-state index >= 15 is 0 Å². The smallest absolute Gasteiger partial charge is 0.263 e. The summed E-state index contributed by atoms with van der Waals surface area (Å²) < 4.78 is 40.0. The molecule has 27 heavy (non-hydrogen) atoms. The van der Waals surface area contributed by atoms with E-state index in [1.165, 1.54) is 0 Å². The Hall–Kier alpha value is -2.85. The molecule has 0 saturated heterocycles. The molecule has 0 unspecified atom stereocenters. The number of thiazole rings is 1. The van der Waals surface area contributed by atoms with Crippen LogP contribution in [0.2, 0.25) is 0 Å². The molecule has 2 aromatic heterocycles. The number of halogens is 1. The number of hydrogen-bond acceptors (Lipinski definition) is 6. The van der Waals surface area contributed by atoms with Gasteiger partial charge < -0.3 is 5.32 Å². The number of anilines is 1. The summed E-state index contributed by atoms with van der Waals surface area (Å²) in [6.07, 6.45) is 1.63. The fourth-order valence-electron chi connectivity index (χ4n) is 2.19. The van der Waals surface area contributed by atoms with Crippen LogP contribution in [-0.2, 0) is 16.6 Å². The third kappa shape index (κ3) is 4.66. The van der Waals surface area contributed by atoms with E-state index in [1.54, 1.807) is 25.3 Å². The number of nitrogens with zero attached hydrogens (tertiary/aromatic N) is 2. The quantitative estimate of drug-likeness (QED) is 0.655. The Kier molecular flexibility index (Phi) is 5.47. The summed E-state index contributed by atoms with van der Waals surface area (Å²) in [7, 11) is -3.92. The van der Waals surface area contributed by atoms with E-state index in [9.17, 15) is 17.6 Å². The predicted octanol–water partition coefficient (Wildman–Crippen LogP) is 2.72. The number of benzene rings is 1. The van der Waals surface area contributed by atoms with Crippen LogP contribution in [0, 0.1) is 12.7 Å². The van der Waals surface area contributed by atoms with Crippen molar-refractivity contribution in [2.24, 2.45) is 0 Å². The van der Waals surface area contributed by atoms with Crippen LogP contribution >= 0.6 is 11.3 Å². The zero-order valence-corrected chi connectivity index (χ0v) is 15.8. The normalized spacial score (nSPS) is 11.2. The first-order valence-corrected chi connectivity index (χ1v) is 10.1. The molecule has 2 N–H and O–H groups in total. The van der Waals surface area contributed by atoms with Gasteiger partial charge >= 0.3 is 0 Å². The summed E-state index contributed by atoms with van der Waals surface area (Å²) in [4.78, 5) is 20.7. The van der Waals surface area contributed by atoms with E-state index in [0.717, 1.165) is 35.6 Å². The molecule has 3 rings (SSSR count). The molecule has 0 atom stereocenters. The van der Waals surface area contributed by atoms with Gasteiger partial charge in [0, 0.05) is 6.20 Å². The number of aromatic nitrogens is 2. The molecular weight excluding hydrogens is 391 g/mol. The van der Waals surface area contributed by atoms with Crippen LogP contribution in [0.5, 0.6) is 0 Å². The highest BCUT2D eigenvalue weighted by atomic mass is 32.2. The van der Waals surface area contributed by atoms with Crippen molar-refractivity contribution in [2.75, 3.05) is 4.72 Å². The molecule has 3 aromatic rings. The van der Waals surface area contributed by atoms with Crippen molar-refractivity contribution in [2.45, 2.75) is 18.4 Å². The van der Waals surface area contributed by atoms with E-state index in [4.69, 9.17) is 0 Å². The van der Waals surface area contributed by atoms with Gasteiger partial charge in [0.15, 0.2) is 5.13 Å². The molecule has 0 radical (unpaired) electrons. The third-order valence-electron chi connectivity index (χ3n) is 3.50. The molecule has 0 aliphatic carbocycles. The molecule has 0 aliphatic rings. The first-order chi connectivity index (χ1) is 12.8. The van der Waals surface area contributed by atoms with Gasteiger partial charge in [-0.1, -0.05) is 17.4 Å². The molecule has 10 heteroatoms. The van der Waals surface area contributed by atoms with Gasteiger partial charge in [0.1, 0.15) is 10.7 Å². The van der Waals surface area contributed by atoms with Gasteiger partial charge in [-0.05, 0) is 43.3 Å². The highest BCUT2D eigenvalue weighted by Gasteiger charge is 2.20. The lowest BCUT2D eigenvalue weighted by molar-refractivity contribution is 0.0953. The lowest BCUT2D eigenvalue weighted by Crippen LogP contribution is -2.23. The van der Waals surface area contributed by atoms with Crippen LogP contribution in [0.1, 0.15) is 21.1 Å². The van der Waals surface area contributed by atoms with Crippen molar-refractivity contribution in [1.29, 1.82) is 0 Å². The topological polar surface area (TPSA) is 101 Å². The van der Waals surface area contributed by atoms with Gasteiger partial charge in [-0.25, -0.2) is 17.8 Å². The van der Waals surface area contributed by atoms with Crippen molar-refractivity contribution < 1.29 is 17.6 Å². The molecule has 0 saturated carbocycles. The molecule has 0 spiro atoms. The van der Waals surface area contributed by atoms with Crippen molar-refractivity contribution in [3.05, 3.63) is 70.7 Å². The second-order valence-corrected chi connectivity index (χ2v) is 8.18. The molecule has 1 amide bonds. The fraction of sp³-hybridized carbons (Fsp3) is 0.118. The number of pyridine rings is 1. The molecule has 7 nitrogen and oxygen atoms in total. The predicted molar refractivity (Wildman–Crippen MR) is 99.5 cm³/mol. The van der Waals surface area contributed by atoms with Crippen molar-refractivity contribution in [1.82, 2.24) is 15.3 Å². The van der Waals surface area contributed by atoms with Crippen LogP contribution in [0.25, 0.3) is 0 Å². The van der Waals surface area contributed by atoms with Crippen molar-refractivity contribution in [3.8, 4) is 0 Å². The van der Waals surface area contributed by atoms with Crippen LogP contribution in [0.15, 0.2) is 53.6 Å². The van der Waals surface area contributed by atoms with Gasteiger partial charge in [-0.15, -0.1) is 0 Å². The number of rotatable bonds is 6. The van der Waals surface area contributed by atoms with Gasteiger partial charge in [-0.2, -0.15) is 0 Å². The maximum Gasteiger partial charge on any atom is 0.263 e. The minimum Gasteiger partial charge on any atom is -0.346 e. The summed E-state index contributed by atoms with van der Waals surface area (Å²) >= 11 is 0.920. The van der Waals surface area contributed by atoms with E-state index in [2.05, 4.69) is 20.0 Å². The van der Waals surface area contributed by atoms with E-state index < -0.39 is 15.8 Å². The number of hydrogen-bond donors (Lipinski definition) is 2. The van der Waals surface area contributed by atoms with Crippen LogP contribution in [-0.4, -0.2) is 24.3 Å². The monoisotopic (exact) mass is 406 g/mol. The van der Waals surface area contributed by atoms with Crippen molar-refractivity contribution >= 4 is 32.4 Å². The van der Waals surface area contributed by atoms with E-state index in [0.29, 0.717) is 16.3 Å². The largest absolute Gasteiger partial charge is 0.346 e. The second kappa shape index (κ2) is 7.80.